The lowest BCUT2D eigenvalue weighted by molar-refractivity contribution is -0.124. The van der Waals surface area contributed by atoms with Gasteiger partial charge in [-0.2, -0.15) is 5.48 Å². The Bertz CT molecular complexity index is 165. The average molecular weight is 193 g/mol. The van der Waals surface area contributed by atoms with Crippen LogP contribution in [0.2, 0.25) is 0 Å². The molecule has 78 valence electrons. The number of hydrogen-bond donors (Lipinski definition) is 5. The van der Waals surface area contributed by atoms with E-state index in [1.165, 1.54) is 0 Å². The smallest absolute Gasteiger partial charge is 0.130 e. The fourth-order valence-corrected chi connectivity index (χ4v) is 1.20. The molecule has 0 aromatic rings. The van der Waals surface area contributed by atoms with Crippen LogP contribution in [-0.4, -0.2) is 57.5 Å². The van der Waals surface area contributed by atoms with Gasteiger partial charge in [-0.25, -0.2) is 0 Å². The summed E-state index contributed by atoms with van der Waals surface area (Å²) in [6.45, 7) is 1.17. The van der Waals surface area contributed by atoms with Crippen LogP contribution in [0, 0.1) is 0 Å². The van der Waals surface area contributed by atoms with Gasteiger partial charge in [0, 0.05) is 0 Å². The van der Waals surface area contributed by atoms with Crippen molar-refractivity contribution in [2.45, 2.75) is 37.4 Å². The molecular formula is C7H15NO5. The van der Waals surface area contributed by atoms with E-state index in [0.29, 0.717) is 0 Å². The third-order valence-corrected chi connectivity index (χ3v) is 2.18. The van der Waals surface area contributed by atoms with Gasteiger partial charge in [-0.1, -0.05) is 0 Å². The second-order valence-corrected chi connectivity index (χ2v) is 3.22. The lowest BCUT2D eigenvalue weighted by Gasteiger charge is -2.23. The van der Waals surface area contributed by atoms with E-state index in [1.807, 2.05) is 0 Å². The first-order valence-corrected chi connectivity index (χ1v) is 4.14. The monoisotopic (exact) mass is 193 g/mol. The first kappa shape index (κ1) is 10.8. The molecule has 6 heteroatoms. The molecule has 0 saturated carbocycles. The Labute approximate surface area is 75.7 Å². The number of nitrogens with one attached hydrogen (secondary N) is 1. The van der Waals surface area contributed by atoms with Gasteiger partial charge in [-0.15, -0.1) is 0 Å². The fourth-order valence-electron chi connectivity index (χ4n) is 1.20. The predicted octanol–water partition coefficient (Wildman–Crippen LogP) is -2.65. The maximum absolute atomic E-state index is 9.38. The second kappa shape index (κ2) is 4.32. The molecule has 0 aliphatic carbocycles. The molecule has 5 atom stereocenters. The number of hydroxylamine groups is 1. The summed E-state index contributed by atoms with van der Waals surface area (Å²) < 4.78 is 0. The van der Waals surface area contributed by atoms with Crippen molar-refractivity contribution < 1.29 is 25.3 Å². The second-order valence-electron chi connectivity index (χ2n) is 3.22. The normalized spacial score (nSPS) is 47.3. The molecule has 1 aliphatic heterocycles. The molecule has 0 aromatic carbocycles. The van der Waals surface area contributed by atoms with Crippen molar-refractivity contribution in [2.75, 3.05) is 6.61 Å². The van der Waals surface area contributed by atoms with E-state index < -0.39 is 37.1 Å². The first-order valence-electron chi connectivity index (χ1n) is 4.14. The molecule has 0 amide bonds. The average Bonchev–Trinajstić information content (AvgIpc) is 2.22. The largest absolute Gasteiger partial charge is 0.393 e. The third-order valence-electron chi connectivity index (χ3n) is 2.18. The minimum Gasteiger partial charge on any atom is -0.393 e. The lowest BCUT2D eigenvalue weighted by Crippen LogP contribution is -2.46. The van der Waals surface area contributed by atoms with Gasteiger partial charge in [-0.3, -0.25) is 4.84 Å². The molecule has 0 spiro atoms. The van der Waals surface area contributed by atoms with Gasteiger partial charge in [-0.05, 0) is 6.92 Å². The Kier molecular flexibility index (Phi) is 3.60. The Morgan fingerprint density at radius 3 is 2.31 bits per heavy atom. The van der Waals surface area contributed by atoms with E-state index in [4.69, 9.17) is 9.94 Å². The van der Waals surface area contributed by atoms with E-state index in [9.17, 15) is 15.3 Å². The van der Waals surface area contributed by atoms with Gasteiger partial charge in [0.1, 0.15) is 18.3 Å². The highest BCUT2D eigenvalue weighted by molar-refractivity contribution is 4.88. The molecule has 1 saturated heterocycles. The summed E-state index contributed by atoms with van der Waals surface area (Å²) >= 11 is 0. The standard InChI is InChI=1S/C7H15NO5/c1-3-5(10)7(12)6(11)4(2-9)13-8-3/h3-12H,2H2,1H3. The third kappa shape index (κ3) is 2.16. The molecule has 5 unspecified atom stereocenters. The zero-order valence-corrected chi connectivity index (χ0v) is 7.29. The van der Waals surface area contributed by atoms with Crippen molar-refractivity contribution in [1.29, 1.82) is 0 Å². The number of aliphatic hydroxyl groups is 4. The van der Waals surface area contributed by atoms with Crippen LogP contribution in [0.1, 0.15) is 6.92 Å². The van der Waals surface area contributed by atoms with Crippen molar-refractivity contribution in [1.82, 2.24) is 5.48 Å². The summed E-state index contributed by atoms with van der Waals surface area (Å²) in [6.07, 6.45) is -4.65. The van der Waals surface area contributed by atoms with Gasteiger partial charge in [0.15, 0.2) is 0 Å². The molecule has 1 heterocycles. The van der Waals surface area contributed by atoms with Crippen LogP contribution in [0.3, 0.4) is 0 Å². The molecule has 13 heavy (non-hydrogen) atoms. The highest BCUT2D eigenvalue weighted by atomic mass is 16.7. The first-order chi connectivity index (χ1) is 6.07. The highest BCUT2D eigenvalue weighted by Gasteiger charge is 2.38. The Balaban J connectivity index is 2.69. The summed E-state index contributed by atoms with van der Waals surface area (Å²) in [4.78, 5) is 4.85. The quantitative estimate of drug-likeness (QED) is 0.312. The minimum atomic E-state index is -1.32. The molecule has 0 bridgehead atoms. The topological polar surface area (TPSA) is 102 Å². The van der Waals surface area contributed by atoms with Crippen molar-refractivity contribution in [3.63, 3.8) is 0 Å². The van der Waals surface area contributed by atoms with Crippen LogP contribution in [0.4, 0.5) is 0 Å². The summed E-state index contributed by atoms with van der Waals surface area (Å²) in [5.74, 6) is 0. The molecule has 0 radical (unpaired) electrons. The van der Waals surface area contributed by atoms with Gasteiger partial charge in [0.25, 0.3) is 0 Å². The zero-order valence-electron chi connectivity index (χ0n) is 7.29. The van der Waals surface area contributed by atoms with Crippen LogP contribution >= 0.6 is 0 Å². The van der Waals surface area contributed by atoms with Crippen LogP contribution in [0.25, 0.3) is 0 Å². The zero-order chi connectivity index (χ0) is 10.0. The summed E-state index contributed by atoms with van der Waals surface area (Å²) in [6, 6.07) is -0.499. The van der Waals surface area contributed by atoms with Crippen LogP contribution in [-0.2, 0) is 4.84 Å². The molecule has 1 rings (SSSR count). The Morgan fingerprint density at radius 2 is 1.77 bits per heavy atom. The Morgan fingerprint density at radius 1 is 1.15 bits per heavy atom. The fraction of sp³-hybridized carbons (Fsp3) is 1.00. The Hall–Kier alpha value is -0.240. The lowest BCUT2D eigenvalue weighted by atomic mass is 10.0. The maximum Gasteiger partial charge on any atom is 0.130 e. The maximum atomic E-state index is 9.38. The molecule has 5 N–H and O–H groups in total. The number of hydrogen-bond acceptors (Lipinski definition) is 6. The van der Waals surface area contributed by atoms with Crippen molar-refractivity contribution >= 4 is 0 Å². The molecule has 0 aromatic heterocycles. The number of aliphatic hydroxyl groups excluding tert-OH is 4. The summed E-state index contributed by atoms with van der Waals surface area (Å²) in [5, 5.41) is 36.9. The van der Waals surface area contributed by atoms with E-state index in [2.05, 4.69) is 5.48 Å². The van der Waals surface area contributed by atoms with Gasteiger partial charge >= 0.3 is 0 Å². The number of rotatable bonds is 1. The van der Waals surface area contributed by atoms with Crippen molar-refractivity contribution in [3.8, 4) is 0 Å². The van der Waals surface area contributed by atoms with E-state index >= 15 is 0 Å². The molecule has 6 nitrogen and oxygen atoms in total. The van der Waals surface area contributed by atoms with Crippen LogP contribution in [0.5, 0.6) is 0 Å². The predicted molar refractivity (Wildman–Crippen MR) is 42.6 cm³/mol. The van der Waals surface area contributed by atoms with Crippen LogP contribution < -0.4 is 5.48 Å². The van der Waals surface area contributed by atoms with E-state index in [1.54, 1.807) is 6.92 Å². The highest BCUT2D eigenvalue weighted by Crippen LogP contribution is 2.13. The molecule has 1 aliphatic rings. The van der Waals surface area contributed by atoms with E-state index in [0.717, 1.165) is 0 Å². The van der Waals surface area contributed by atoms with Gasteiger partial charge < -0.3 is 20.4 Å². The summed E-state index contributed by atoms with van der Waals surface area (Å²) in [5.41, 5.74) is 2.43. The van der Waals surface area contributed by atoms with Crippen molar-refractivity contribution in [3.05, 3.63) is 0 Å². The SMILES string of the molecule is CC1NOC(CO)C(O)C(O)C1O. The van der Waals surface area contributed by atoms with Crippen LogP contribution in [0.15, 0.2) is 0 Å². The minimum absolute atomic E-state index is 0.426. The van der Waals surface area contributed by atoms with Crippen molar-refractivity contribution in [2.24, 2.45) is 0 Å². The van der Waals surface area contributed by atoms with E-state index in [-0.39, 0.29) is 0 Å². The van der Waals surface area contributed by atoms with Gasteiger partial charge in [0.05, 0.1) is 18.8 Å². The molecule has 1 fully saturated rings. The summed E-state index contributed by atoms with van der Waals surface area (Å²) in [7, 11) is 0. The van der Waals surface area contributed by atoms with Gasteiger partial charge in [0.2, 0.25) is 0 Å². The molecular weight excluding hydrogens is 178 g/mol.